The summed E-state index contributed by atoms with van der Waals surface area (Å²) >= 11 is 1.68. The lowest BCUT2D eigenvalue weighted by molar-refractivity contribution is 0.0760. The molecule has 2 aromatic rings. The molecule has 27 heavy (non-hydrogen) atoms. The molecule has 0 spiro atoms. The largest absolute Gasteiger partial charge is 0.497 e. The maximum Gasteiger partial charge on any atom is 0.254 e. The Balaban J connectivity index is 1.63. The van der Waals surface area contributed by atoms with Crippen molar-refractivity contribution in [1.82, 2.24) is 9.80 Å². The highest BCUT2D eigenvalue weighted by atomic mass is 32.2. The molecule has 4 nitrogen and oxygen atoms in total. The third-order valence-electron chi connectivity index (χ3n) is 5.12. The van der Waals surface area contributed by atoms with Crippen LogP contribution in [0.25, 0.3) is 0 Å². The van der Waals surface area contributed by atoms with Crippen molar-refractivity contribution in [2.75, 3.05) is 39.5 Å². The van der Waals surface area contributed by atoms with Crippen molar-refractivity contribution in [2.24, 2.45) is 0 Å². The summed E-state index contributed by atoms with van der Waals surface area (Å²) in [4.78, 5) is 18.6. The molecule has 0 aromatic heterocycles. The number of amides is 1. The van der Waals surface area contributed by atoms with E-state index < -0.39 is 0 Å². The van der Waals surface area contributed by atoms with Crippen LogP contribution in [-0.4, -0.2) is 55.3 Å². The van der Waals surface area contributed by atoms with E-state index in [2.05, 4.69) is 23.1 Å². The molecule has 1 aliphatic rings. The number of ether oxygens (including phenoxy) is 1. The first kappa shape index (κ1) is 19.8. The zero-order chi connectivity index (χ0) is 19.2. The maximum atomic E-state index is 13.1. The van der Waals surface area contributed by atoms with E-state index in [1.165, 1.54) is 5.56 Å². The zero-order valence-electron chi connectivity index (χ0n) is 16.4. The van der Waals surface area contributed by atoms with Gasteiger partial charge in [0.2, 0.25) is 0 Å². The fourth-order valence-corrected chi connectivity index (χ4v) is 3.89. The zero-order valence-corrected chi connectivity index (χ0v) is 17.2. The molecule has 0 atom stereocenters. The molecule has 1 fully saturated rings. The van der Waals surface area contributed by atoms with Gasteiger partial charge in [0.05, 0.1) is 7.11 Å². The van der Waals surface area contributed by atoms with E-state index in [0.29, 0.717) is 0 Å². The van der Waals surface area contributed by atoms with Gasteiger partial charge in [-0.3, -0.25) is 9.69 Å². The highest BCUT2D eigenvalue weighted by molar-refractivity contribution is 7.98. The Morgan fingerprint density at radius 2 is 1.85 bits per heavy atom. The van der Waals surface area contributed by atoms with E-state index in [1.807, 2.05) is 42.3 Å². The summed E-state index contributed by atoms with van der Waals surface area (Å²) in [6.45, 7) is 6.44. The number of hydrogen-bond donors (Lipinski definition) is 0. The van der Waals surface area contributed by atoms with Gasteiger partial charge in [-0.1, -0.05) is 18.2 Å². The molecule has 1 saturated heterocycles. The van der Waals surface area contributed by atoms with Crippen LogP contribution >= 0.6 is 11.8 Å². The lowest BCUT2D eigenvalue weighted by atomic mass is 10.1. The van der Waals surface area contributed by atoms with Gasteiger partial charge in [-0.15, -0.1) is 11.8 Å². The molecule has 1 aliphatic heterocycles. The number of methoxy groups -OCH3 is 1. The molecule has 0 radical (unpaired) electrons. The molecule has 0 unspecified atom stereocenters. The molecule has 0 saturated carbocycles. The molecule has 0 aliphatic carbocycles. The summed E-state index contributed by atoms with van der Waals surface area (Å²) in [6.07, 6.45) is 3.05. The van der Waals surface area contributed by atoms with Crippen LogP contribution in [-0.2, 0) is 6.54 Å². The SMILES string of the molecule is COc1ccc(CN2CCCN(C(=O)c3cc(SC)ccc3C)CC2)cc1. The summed E-state index contributed by atoms with van der Waals surface area (Å²) < 4.78 is 5.23. The monoisotopic (exact) mass is 384 g/mol. The second-order valence-electron chi connectivity index (χ2n) is 6.95. The second-order valence-corrected chi connectivity index (χ2v) is 7.83. The highest BCUT2D eigenvalue weighted by Crippen LogP contribution is 2.21. The predicted octanol–water partition coefficient (Wildman–Crippen LogP) is 4.07. The number of rotatable bonds is 5. The molecule has 3 rings (SSSR count). The van der Waals surface area contributed by atoms with Crippen LogP contribution in [0.3, 0.4) is 0 Å². The van der Waals surface area contributed by atoms with E-state index in [4.69, 9.17) is 4.74 Å². The van der Waals surface area contributed by atoms with Crippen molar-refractivity contribution < 1.29 is 9.53 Å². The summed E-state index contributed by atoms with van der Waals surface area (Å²) in [7, 11) is 1.69. The Bertz CT molecular complexity index is 776. The lowest BCUT2D eigenvalue weighted by Crippen LogP contribution is -2.35. The van der Waals surface area contributed by atoms with Crippen molar-refractivity contribution in [3.63, 3.8) is 0 Å². The van der Waals surface area contributed by atoms with Crippen LogP contribution in [0.1, 0.15) is 27.9 Å². The van der Waals surface area contributed by atoms with Crippen molar-refractivity contribution in [1.29, 1.82) is 0 Å². The third-order valence-corrected chi connectivity index (χ3v) is 5.84. The summed E-state index contributed by atoms with van der Waals surface area (Å²) in [5, 5.41) is 0. The fraction of sp³-hybridized carbons (Fsp3) is 0.409. The number of hydrogen-bond acceptors (Lipinski definition) is 4. The molecular formula is C22H28N2O2S. The number of nitrogens with zero attached hydrogens (tertiary/aromatic N) is 2. The molecule has 5 heteroatoms. The van der Waals surface area contributed by atoms with Gasteiger partial charge in [0, 0.05) is 43.2 Å². The van der Waals surface area contributed by atoms with Gasteiger partial charge in [0.1, 0.15) is 5.75 Å². The quantitative estimate of drug-likeness (QED) is 0.728. The van der Waals surface area contributed by atoms with Crippen LogP contribution in [0.2, 0.25) is 0 Å². The normalized spacial score (nSPS) is 15.4. The van der Waals surface area contributed by atoms with Gasteiger partial charge < -0.3 is 9.64 Å². The van der Waals surface area contributed by atoms with Crippen molar-refractivity contribution in [3.8, 4) is 5.75 Å². The van der Waals surface area contributed by atoms with Gasteiger partial charge in [0.25, 0.3) is 5.91 Å². The Morgan fingerprint density at radius 3 is 2.56 bits per heavy atom. The molecule has 144 valence electrons. The Hall–Kier alpha value is -1.98. The van der Waals surface area contributed by atoms with Crippen molar-refractivity contribution in [3.05, 3.63) is 59.2 Å². The fourth-order valence-electron chi connectivity index (χ4n) is 3.45. The van der Waals surface area contributed by atoms with Gasteiger partial charge in [-0.2, -0.15) is 0 Å². The van der Waals surface area contributed by atoms with E-state index in [-0.39, 0.29) is 5.91 Å². The van der Waals surface area contributed by atoms with Crippen LogP contribution in [0.5, 0.6) is 5.75 Å². The standard InChI is InChI=1S/C22H28N2O2S/c1-17-5-10-20(27-3)15-21(17)22(25)24-12-4-11-23(13-14-24)16-18-6-8-19(26-2)9-7-18/h5-10,15H,4,11-14,16H2,1-3H3. The lowest BCUT2D eigenvalue weighted by Gasteiger charge is -2.23. The molecular weight excluding hydrogens is 356 g/mol. The molecule has 1 amide bonds. The van der Waals surface area contributed by atoms with Crippen LogP contribution in [0, 0.1) is 6.92 Å². The first-order valence-electron chi connectivity index (χ1n) is 9.40. The average molecular weight is 385 g/mol. The number of benzene rings is 2. The molecule has 1 heterocycles. The Morgan fingerprint density at radius 1 is 1.07 bits per heavy atom. The Labute approximate surface area is 166 Å². The summed E-state index contributed by atoms with van der Waals surface area (Å²) in [6, 6.07) is 14.4. The van der Waals surface area contributed by atoms with E-state index in [9.17, 15) is 4.79 Å². The molecule has 0 bridgehead atoms. The van der Waals surface area contributed by atoms with Gasteiger partial charge >= 0.3 is 0 Å². The summed E-state index contributed by atoms with van der Waals surface area (Å²) in [5.41, 5.74) is 3.17. The molecule has 0 N–H and O–H groups in total. The second kappa shape index (κ2) is 9.29. The van der Waals surface area contributed by atoms with E-state index in [1.54, 1.807) is 18.9 Å². The van der Waals surface area contributed by atoms with Crippen molar-refractivity contribution >= 4 is 17.7 Å². The average Bonchev–Trinajstić information content (AvgIpc) is 2.94. The van der Waals surface area contributed by atoms with Gasteiger partial charge in [-0.25, -0.2) is 0 Å². The Kier molecular flexibility index (Phi) is 6.80. The predicted molar refractivity (Wildman–Crippen MR) is 112 cm³/mol. The van der Waals surface area contributed by atoms with Gasteiger partial charge in [-0.05, 0) is 55.0 Å². The van der Waals surface area contributed by atoms with Crippen LogP contribution < -0.4 is 4.74 Å². The number of aryl methyl sites for hydroxylation is 1. The van der Waals surface area contributed by atoms with E-state index >= 15 is 0 Å². The minimum absolute atomic E-state index is 0.162. The first-order valence-corrected chi connectivity index (χ1v) is 10.6. The van der Waals surface area contributed by atoms with Crippen molar-refractivity contribution in [2.45, 2.75) is 24.8 Å². The minimum Gasteiger partial charge on any atom is -0.497 e. The summed E-state index contributed by atoms with van der Waals surface area (Å²) in [5.74, 6) is 1.05. The van der Waals surface area contributed by atoms with Crippen LogP contribution in [0.4, 0.5) is 0 Å². The minimum atomic E-state index is 0.162. The topological polar surface area (TPSA) is 32.8 Å². The smallest absolute Gasteiger partial charge is 0.254 e. The molecule has 2 aromatic carbocycles. The van der Waals surface area contributed by atoms with Gasteiger partial charge in [0.15, 0.2) is 0 Å². The number of carbonyl (C=O) groups is 1. The van der Waals surface area contributed by atoms with E-state index in [0.717, 1.165) is 60.9 Å². The third kappa shape index (κ3) is 5.05. The van der Waals surface area contributed by atoms with Crippen LogP contribution in [0.15, 0.2) is 47.4 Å². The maximum absolute atomic E-state index is 13.1. The highest BCUT2D eigenvalue weighted by Gasteiger charge is 2.21. The number of thioether (sulfide) groups is 1. The first-order chi connectivity index (χ1) is 13.1. The number of carbonyl (C=O) groups excluding carboxylic acids is 1.